The summed E-state index contributed by atoms with van der Waals surface area (Å²) in [5.41, 5.74) is 3.03. The first-order valence-corrected chi connectivity index (χ1v) is 8.54. The van der Waals surface area contributed by atoms with E-state index in [1.165, 1.54) is 0 Å². The highest BCUT2D eigenvalue weighted by atomic mass is 35.5. The summed E-state index contributed by atoms with van der Waals surface area (Å²) in [4.78, 5) is 6.29. The van der Waals surface area contributed by atoms with E-state index < -0.39 is 0 Å². The molecule has 4 nitrogen and oxygen atoms in total. The van der Waals surface area contributed by atoms with Crippen molar-refractivity contribution in [2.75, 3.05) is 25.6 Å². The molecule has 0 unspecified atom stereocenters. The van der Waals surface area contributed by atoms with E-state index in [4.69, 9.17) is 28.6 Å². The minimum absolute atomic E-state index is 0.0854. The van der Waals surface area contributed by atoms with Gasteiger partial charge in [-0.15, -0.1) is 0 Å². The quantitative estimate of drug-likeness (QED) is 0.767. The van der Waals surface area contributed by atoms with Crippen LogP contribution in [0.2, 0.25) is 5.02 Å². The number of ether oxygens (including phenoxy) is 1. The number of anilines is 1. The zero-order valence-electron chi connectivity index (χ0n) is 14.1. The lowest BCUT2D eigenvalue weighted by molar-refractivity contribution is 0.165. The predicted molar refractivity (Wildman–Crippen MR) is 104 cm³/mol. The van der Waals surface area contributed by atoms with Crippen molar-refractivity contribution in [2.24, 2.45) is 0 Å². The van der Waals surface area contributed by atoms with Crippen molar-refractivity contribution in [2.45, 2.75) is 19.9 Å². The van der Waals surface area contributed by atoms with Gasteiger partial charge in [0.25, 0.3) is 0 Å². The van der Waals surface area contributed by atoms with E-state index in [2.05, 4.69) is 22.1 Å². The van der Waals surface area contributed by atoms with Crippen LogP contribution in [0.5, 0.6) is 0 Å². The normalized spacial score (nSPS) is 11.8. The molecule has 128 valence electrons. The van der Waals surface area contributed by atoms with Crippen molar-refractivity contribution < 1.29 is 4.74 Å². The molecule has 1 aromatic heterocycles. The molecular weight excluding hydrogens is 342 g/mol. The monoisotopic (exact) mass is 363 g/mol. The van der Waals surface area contributed by atoms with Gasteiger partial charge in [-0.3, -0.25) is 4.98 Å². The van der Waals surface area contributed by atoms with E-state index in [0.29, 0.717) is 18.3 Å². The van der Waals surface area contributed by atoms with Crippen LogP contribution in [-0.2, 0) is 4.74 Å². The molecule has 0 aliphatic carbocycles. The van der Waals surface area contributed by atoms with Gasteiger partial charge in [0.2, 0.25) is 0 Å². The van der Waals surface area contributed by atoms with Crippen LogP contribution in [0.1, 0.15) is 24.1 Å². The third-order valence-corrected chi connectivity index (χ3v) is 4.60. The summed E-state index contributed by atoms with van der Waals surface area (Å²) in [5.74, 6) is 0. The van der Waals surface area contributed by atoms with Crippen LogP contribution in [0.4, 0.5) is 5.69 Å². The van der Waals surface area contributed by atoms with Crippen LogP contribution in [-0.4, -0.2) is 35.3 Å². The summed E-state index contributed by atoms with van der Waals surface area (Å²) in [6.07, 6.45) is 3.63. The lowest BCUT2D eigenvalue weighted by Gasteiger charge is -2.32. The van der Waals surface area contributed by atoms with Gasteiger partial charge in [0.05, 0.1) is 12.6 Å². The lowest BCUT2D eigenvalue weighted by atomic mass is 10.1. The second-order valence-corrected chi connectivity index (χ2v) is 6.34. The van der Waals surface area contributed by atoms with E-state index >= 15 is 0 Å². The number of nitrogens with one attached hydrogen (secondary N) is 1. The number of rotatable bonds is 6. The maximum atomic E-state index is 6.08. The van der Waals surface area contributed by atoms with E-state index in [1.54, 1.807) is 13.3 Å². The number of aromatic nitrogens is 1. The number of benzene rings is 1. The predicted octanol–water partition coefficient (Wildman–Crippen LogP) is 4.45. The molecule has 1 N–H and O–H groups in total. The number of hydrogen-bond donors (Lipinski definition) is 1. The van der Waals surface area contributed by atoms with Crippen LogP contribution < -0.4 is 5.32 Å². The molecule has 0 amide bonds. The number of halogens is 1. The number of nitrogens with zero attached hydrogens (tertiary/aromatic N) is 2. The Morgan fingerprint density at radius 3 is 2.83 bits per heavy atom. The van der Waals surface area contributed by atoms with Gasteiger partial charge >= 0.3 is 0 Å². The van der Waals surface area contributed by atoms with E-state index in [0.717, 1.165) is 21.8 Å². The summed E-state index contributed by atoms with van der Waals surface area (Å²) in [6, 6.07) is 9.84. The molecule has 0 bridgehead atoms. The van der Waals surface area contributed by atoms with Crippen molar-refractivity contribution >= 4 is 34.6 Å². The highest BCUT2D eigenvalue weighted by Crippen LogP contribution is 2.23. The van der Waals surface area contributed by atoms with E-state index in [-0.39, 0.29) is 6.04 Å². The first-order chi connectivity index (χ1) is 11.5. The fourth-order valence-electron chi connectivity index (χ4n) is 2.38. The summed E-state index contributed by atoms with van der Waals surface area (Å²) in [5, 5.41) is 4.68. The van der Waals surface area contributed by atoms with Crippen molar-refractivity contribution in [3.05, 3.63) is 58.9 Å². The molecule has 0 saturated carbocycles. The Morgan fingerprint density at radius 1 is 1.42 bits per heavy atom. The Kier molecular flexibility index (Phi) is 6.97. The van der Waals surface area contributed by atoms with Crippen molar-refractivity contribution in [3.8, 4) is 0 Å². The first-order valence-electron chi connectivity index (χ1n) is 7.75. The molecule has 6 heteroatoms. The van der Waals surface area contributed by atoms with Crippen LogP contribution in [0.3, 0.4) is 0 Å². The largest absolute Gasteiger partial charge is 0.383 e. The van der Waals surface area contributed by atoms with Crippen LogP contribution in [0.25, 0.3) is 0 Å². The van der Waals surface area contributed by atoms with E-state index in [9.17, 15) is 0 Å². The number of methoxy groups -OCH3 is 1. The van der Waals surface area contributed by atoms with Crippen LogP contribution >= 0.6 is 23.8 Å². The van der Waals surface area contributed by atoms with Crippen molar-refractivity contribution in [3.63, 3.8) is 0 Å². The third-order valence-electron chi connectivity index (χ3n) is 3.84. The second kappa shape index (κ2) is 8.97. The summed E-state index contributed by atoms with van der Waals surface area (Å²) in [6.45, 7) is 5.35. The lowest BCUT2D eigenvalue weighted by Crippen LogP contribution is -2.39. The molecule has 24 heavy (non-hydrogen) atoms. The molecule has 1 heterocycles. The molecule has 0 aliphatic heterocycles. The van der Waals surface area contributed by atoms with Crippen LogP contribution in [0.15, 0.2) is 42.7 Å². The highest BCUT2D eigenvalue weighted by Gasteiger charge is 2.19. The molecule has 0 spiro atoms. The minimum Gasteiger partial charge on any atom is -0.383 e. The topological polar surface area (TPSA) is 37.4 Å². The van der Waals surface area contributed by atoms with Crippen molar-refractivity contribution in [1.82, 2.24) is 9.88 Å². The van der Waals surface area contributed by atoms with Gasteiger partial charge in [-0.25, -0.2) is 0 Å². The smallest absolute Gasteiger partial charge is 0.174 e. The van der Waals surface area contributed by atoms with E-state index in [1.807, 2.05) is 43.5 Å². The number of aryl methyl sites for hydroxylation is 1. The minimum atomic E-state index is 0.0854. The Bertz CT molecular complexity index is 681. The van der Waals surface area contributed by atoms with Gasteiger partial charge in [0.1, 0.15) is 0 Å². The average molecular weight is 364 g/mol. The summed E-state index contributed by atoms with van der Waals surface area (Å²) >= 11 is 11.7. The summed E-state index contributed by atoms with van der Waals surface area (Å²) < 4.78 is 5.23. The molecule has 1 atom stereocenters. The molecular formula is C18H22ClN3OS. The Morgan fingerprint density at radius 2 is 2.21 bits per heavy atom. The van der Waals surface area contributed by atoms with Gasteiger partial charge in [0, 0.05) is 36.8 Å². The number of hydrogen-bond acceptors (Lipinski definition) is 3. The van der Waals surface area contributed by atoms with Crippen LogP contribution in [0, 0.1) is 6.92 Å². The number of thiocarbonyl (C=S) groups is 1. The van der Waals surface area contributed by atoms with Gasteiger partial charge in [-0.2, -0.15) is 0 Å². The van der Waals surface area contributed by atoms with Crippen molar-refractivity contribution in [1.29, 1.82) is 0 Å². The third kappa shape index (κ3) is 4.90. The molecule has 2 rings (SSSR count). The zero-order valence-corrected chi connectivity index (χ0v) is 15.7. The zero-order chi connectivity index (χ0) is 17.5. The molecule has 0 aliphatic rings. The fraction of sp³-hybridized carbons (Fsp3) is 0.333. The molecule has 0 saturated heterocycles. The SMILES string of the molecule is COCCN(C(=S)Nc1ccc(Cl)c(C)c1)[C@H](C)c1cccnc1. The second-order valence-electron chi connectivity index (χ2n) is 5.54. The van der Waals surface area contributed by atoms with Gasteiger partial charge in [-0.05, 0) is 61.5 Å². The molecule has 0 radical (unpaired) electrons. The average Bonchev–Trinajstić information content (AvgIpc) is 2.59. The Hall–Kier alpha value is -1.69. The Labute approximate surface area is 153 Å². The fourth-order valence-corrected chi connectivity index (χ4v) is 2.87. The Balaban J connectivity index is 2.16. The van der Waals surface area contributed by atoms with Gasteiger partial charge < -0.3 is 15.0 Å². The number of pyridine rings is 1. The van der Waals surface area contributed by atoms with Gasteiger partial charge in [0.15, 0.2) is 5.11 Å². The maximum Gasteiger partial charge on any atom is 0.174 e. The van der Waals surface area contributed by atoms with Gasteiger partial charge in [-0.1, -0.05) is 17.7 Å². The first kappa shape index (κ1) is 18.6. The molecule has 1 aromatic carbocycles. The standard InChI is InChI=1S/C18H22ClN3OS/c1-13-11-16(6-7-17(13)19)21-18(24)22(9-10-23-3)14(2)15-5-4-8-20-12-15/h4-8,11-12,14H,9-10H2,1-3H3,(H,21,24)/t14-/m1/s1. The highest BCUT2D eigenvalue weighted by molar-refractivity contribution is 7.80. The summed E-state index contributed by atoms with van der Waals surface area (Å²) in [7, 11) is 1.69. The maximum absolute atomic E-state index is 6.08. The molecule has 2 aromatic rings. The molecule has 0 fully saturated rings.